The fraction of sp³-hybridized carbons (Fsp3) is 0.562. The zero-order valence-electron chi connectivity index (χ0n) is 12.1. The van der Waals surface area contributed by atoms with Crippen LogP contribution >= 0.6 is 0 Å². The van der Waals surface area contributed by atoms with Gasteiger partial charge in [-0.1, -0.05) is 18.2 Å². The number of rotatable bonds is 3. The summed E-state index contributed by atoms with van der Waals surface area (Å²) in [6, 6.07) is 6.74. The second kappa shape index (κ2) is 4.26. The quantitative estimate of drug-likeness (QED) is 0.904. The van der Waals surface area contributed by atoms with E-state index in [1.807, 2.05) is 0 Å². The van der Waals surface area contributed by atoms with E-state index >= 15 is 0 Å². The Labute approximate surface area is 115 Å². The zero-order valence-corrected chi connectivity index (χ0v) is 12.1. The van der Waals surface area contributed by atoms with E-state index < -0.39 is 0 Å². The van der Waals surface area contributed by atoms with Gasteiger partial charge in [0.05, 0.1) is 12.1 Å². The average Bonchev–Trinajstić information content (AvgIpc) is 3.15. The third-order valence-electron chi connectivity index (χ3n) is 4.69. The van der Waals surface area contributed by atoms with E-state index in [1.54, 1.807) is 0 Å². The normalized spacial score (nSPS) is 26.7. The first kappa shape index (κ1) is 12.5. The number of aliphatic imine (C=N–C) groups is 1. The van der Waals surface area contributed by atoms with Gasteiger partial charge in [0.1, 0.15) is 0 Å². The molecule has 0 amide bonds. The van der Waals surface area contributed by atoms with Gasteiger partial charge >= 0.3 is 0 Å². The number of nitrogens with two attached hydrogens (primary N) is 1. The minimum Gasteiger partial charge on any atom is -0.370 e. The molecule has 1 aromatic rings. The van der Waals surface area contributed by atoms with Gasteiger partial charge in [0, 0.05) is 6.54 Å². The number of aryl methyl sites for hydroxylation is 2. The third kappa shape index (κ3) is 2.11. The summed E-state index contributed by atoms with van der Waals surface area (Å²) >= 11 is 0. The Balaban J connectivity index is 1.93. The Morgan fingerprint density at radius 1 is 1.32 bits per heavy atom. The molecule has 0 aromatic heterocycles. The van der Waals surface area contributed by atoms with E-state index in [9.17, 15) is 0 Å². The minimum atomic E-state index is -0.0644. The van der Waals surface area contributed by atoms with Crippen LogP contribution in [0.25, 0.3) is 0 Å². The number of nitrogens with zero attached hydrogens (tertiary/aromatic N) is 2. The second-order valence-corrected chi connectivity index (χ2v) is 6.30. The molecule has 1 saturated carbocycles. The first-order valence-corrected chi connectivity index (χ1v) is 7.16. The van der Waals surface area contributed by atoms with E-state index in [-0.39, 0.29) is 5.54 Å². The van der Waals surface area contributed by atoms with Crippen LogP contribution in [0.3, 0.4) is 0 Å². The highest BCUT2D eigenvalue weighted by Gasteiger charge is 2.41. The molecule has 1 atom stereocenters. The van der Waals surface area contributed by atoms with Crippen LogP contribution in [-0.2, 0) is 5.54 Å². The van der Waals surface area contributed by atoms with Gasteiger partial charge in [0.25, 0.3) is 0 Å². The lowest BCUT2D eigenvalue weighted by molar-refractivity contribution is 0.217. The Morgan fingerprint density at radius 2 is 2.05 bits per heavy atom. The van der Waals surface area contributed by atoms with E-state index in [2.05, 4.69) is 48.9 Å². The van der Waals surface area contributed by atoms with Crippen LogP contribution in [0, 0.1) is 19.8 Å². The highest BCUT2D eigenvalue weighted by molar-refractivity contribution is 5.81. The predicted octanol–water partition coefficient (Wildman–Crippen LogP) is 2.56. The summed E-state index contributed by atoms with van der Waals surface area (Å²) in [7, 11) is 0. The van der Waals surface area contributed by atoms with Crippen LogP contribution in [0.1, 0.15) is 36.5 Å². The maximum atomic E-state index is 6.11. The predicted molar refractivity (Wildman–Crippen MR) is 79.2 cm³/mol. The smallest absolute Gasteiger partial charge is 0.192 e. The van der Waals surface area contributed by atoms with Crippen LogP contribution in [-0.4, -0.2) is 23.9 Å². The summed E-state index contributed by atoms with van der Waals surface area (Å²) in [5, 5.41) is 0. The first-order valence-electron chi connectivity index (χ1n) is 7.16. The molecule has 19 heavy (non-hydrogen) atoms. The fourth-order valence-electron chi connectivity index (χ4n) is 2.84. The zero-order chi connectivity index (χ0) is 13.6. The SMILES string of the molecule is Cc1ccc(C2(C)CN=C(N)N2CC2CC2)cc1C. The van der Waals surface area contributed by atoms with E-state index in [0.717, 1.165) is 19.0 Å². The Morgan fingerprint density at radius 3 is 2.68 bits per heavy atom. The lowest BCUT2D eigenvalue weighted by atomic mass is 9.88. The summed E-state index contributed by atoms with van der Waals surface area (Å²) < 4.78 is 0. The summed E-state index contributed by atoms with van der Waals surface area (Å²) in [6.07, 6.45) is 2.68. The van der Waals surface area contributed by atoms with Crippen LogP contribution < -0.4 is 5.73 Å². The fourth-order valence-corrected chi connectivity index (χ4v) is 2.84. The van der Waals surface area contributed by atoms with Crippen molar-refractivity contribution in [2.75, 3.05) is 13.1 Å². The van der Waals surface area contributed by atoms with Gasteiger partial charge in [0.2, 0.25) is 0 Å². The minimum absolute atomic E-state index is 0.0644. The third-order valence-corrected chi connectivity index (χ3v) is 4.69. The number of hydrogen-bond acceptors (Lipinski definition) is 3. The van der Waals surface area contributed by atoms with Crippen molar-refractivity contribution < 1.29 is 0 Å². The number of guanidine groups is 1. The van der Waals surface area contributed by atoms with Gasteiger partial charge in [0.15, 0.2) is 5.96 Å². The number of hydrogen-bond donors (Lipinski definition) is 1. The molecule has 1 aliphatic heterocycles. The standard InChI is InChI=1S/C16H23N3/c1-11-4-7-14(8-12(11)2)16(3)10-18-15(17)19(16)9-13-5-6-13/h4,7-8,13H,5-6,9-10H2,1-3H3,(H2,17,18). The molecule has 1 aliphatic carbocycles. The molecule has 1 unspecified atom stereocenters. The van der Waals surface area contributed by atoms with Crippen molar-refractivity contribution in [3.05, 3.63) is 34.9 Å². The lowest BCUT2D eigenvalue weighted by Crippen LogP contribution is -2.48. The molecule has 3 nitrogen and oxygen atoms in total. The molecule has 2 aliphatic rings. The topological polar surface area (TPSA) is 41.6 Å². The van der Waals surface area contributed by atoms with Crippen molar-refractivity contribution >= 4 is 5.96 Å². The van der Waals surface area contributed by atoms with E-state index in [4.69, 9.17) is 5.73 Å². The second-order valence-electron chi connectivity index (χ2n) is 6.30. The average molecular weight is 257 g/mol. The molecule has 102 valence electrons. The highest BCUT2D eigenvalue weighted by atomic mass is 15.4. The summed E-state index contributed by atoms with van der Waals surface area (Å²) in [6.45, 7) is 8.42. The molecule has 3 heteroatoms. The summed E-state index contributed by atoms with van der Waals surface area (Å²) in [5.74, 6) is 1.53. The van der Waals surface area contributed by atoms with Crippen molar-refractivity contribution in [3.63, 3.8) is 0 Å². The molecule has 1 fully saturated rings. The van der Waals surface area contributed by atoms with Crippen molar-refractivity contribution in [2.45, 2.75) is 39.2 Å². The summed E-state index contributed by atoms with van der Waals surface area (Å²) in [4.78, 5) is 6.81. The Kier molecular flexibility index (Phi) is 2.80. The van der Waals surface area contributed by atoms with Crippen molar-refractivity contribution in [1.82, 2.24) is 4.90 Å². The molecule has 0 radical (unpaired) electrons. The van der Waals surface area contributed by atoms with Gasteiger partial charge < -0.3 is 10.6 Å². The highest BCUT2D eigenvalue weighted by Crippen LogP contribution is 2.38. The van der Waals surface area contributed by atoms with Gasteiger partial charge in [-0.3, -0.25) is 4.99 Å². The summed E-state index contributed by atoms with van der Waals surface area (Å²) in [5.41, 5.74) is 10.1. The Bertz CT molecular complexity index is 531. The molecular formula is C16H23N3. The van der Waals surface area contributed by atoms with Gasteiger partial charge in [-0.2, -0.15) is 0 Å². The van der Waals surface area contributed by atoms with Crippen molar-refractivity contribution in [1.29, 1.82) is 0 Å². The van der Waals surface area contributed by atoms with Crippen LogP contribution in [0.4, 0.5) is 0 Å². The van der Waals surface area contributed by atoms with Crippen molar-refractivity contribution in [2.24, 2.45) is 16.6 Å². The molecule has 0 saturated heterocycles. The molecular weight excluding hydrogens is 234 g/mol. The Hall–Kier alpha value is -1.51. The van der Waals surface area contributed by atoms with Gasteiger partial charge in [-0.15, -0.1) is 0 Å². The molecule has 0 bridgehead atoms. The maximum Gasteiger partial charge on any atom is 0.192 e. The molecule has 1 heterocycles. The maximum absolute atomic E-state index is 6.11. The van der Waals surface area contributed by atoms with Gasteiger partial charge in [-0.05, 0) is 56.2 Å². The monoisotopic (exact) mass is 257 g/mol. The molecule has 1 aromatic carbocycles. The van der Waals surface area contributed by atoms with Crippen LogP contribution in [0.5, 0.6) is 0 Å². The number of benzene rings is 1. The van der Waals surface area contributed by atoms with Crippen LogP contribution in [0.2, 0.25) is 0 Å². The lowest BCUT2D eigenvalue weighted by Gasteiger charge is -2.37. The van der Waals surface area contributed by atoms with Crippen LogP contribution in [0.15, 0.2) is 23.2 Å². The first-order chi connectivity index (χ1) is 9.00. The van der Waals surface area contributed by atoms with Crippen molar-refractivity contribution in [3.8, 4) is 0 Å². The molecule has 3 rings (SSSR count). The van der Waals surface area contributed by atoms with Gasteiger partial charge in [-0.25, -0.2) is 0 Å². The largest absolute Gasteiger partial charge is 0.370 e. The van der Waals surface area contributed by atoms with E-state index in [1.165, 1.54) is 29.5 Å². The molecule has 2 N–H and O–H groups in total. The molecule has 0 spiro atoms. The van der Waals surface area contributed by atoms with E-state index in [0.29, 0.717) is 5.96 Å².